The molecule has 2 heterocycles. The van der Waals surface area contributed by atoms with Gasteiger partial charge in [0.2, 0.25) is 0 Å². The topological polar surface area (TPSA) is 74.1 Å². The zero-order valence-electron chi connectivity index (χ0n) is 17.8. The Morgan fingerprint density at radius 3 is 2.47 bits per heavy atom. The van der Waals surface area contributed by atoms with Crippen molar-refractivity contribution in [2.75, 3.05) is 6.61 Å². The smallest absolute Gasteiger partial charge is 0.340 e. The lowest BCUT2D eigenvalue weighted by Gasteiger charge is -2.08. The van der Waals surface area contributed by atoms with Crippen molar-refractivity contribution in [2.45, 2.75) is 20.3 Å². The highest BCUT2D eigenvalue weighted by Gasteiger charge is 2.20. The molecular weight excluding hydrogens is 402 g/mol. The second-order valence-electron chi connectivity index (χ2n) is 7.95. The summed E-state index contributed by atoms with van der Waals surface area (Å²) in [6, 6.07) is 19.1. The Hall–Kier alpha value is -4.06. The van der Waals surface area contributed by atoms with Crippen molar-refractivity contribution in [2.24, 2.45) is 0 Å². The number of aryl methyl sites for hydroxylation is 2. The van der Waals surface area contributed by atoms with E-state index in [0.717, 1.165) is 28.9 Å². The monoisotopic (exact) mass is 423 g/mol. The van der Waals surface area contributed by atoms with Crippen LogP contribution in [0.2, 0.25) is 0 Å². The number of benzene rings is 2. The molecule has 32 heavy (non-hydrogen) atoms. The van der Waals surface area contributed by atoms with Gasteiger partial charge < -0.3 is 4.74 Å². The van der Waals surface area contributed by atoms with Gasteiger partial charge in [-0.15, -0.1) is 0 Å². The Bertz CT molecular complexity index is 1350. The molecule has 4 aromatic rings. The maximum Gasteiger partial charge on any atom is 0.340 e. The third-order valence-electron chi connectivity index (χ3n) is 5.66. The number of ether oxygens (including phenoxy) is 1. The van der Waals surface area contributed by atoms with Gasteiger partial charge in [-0.25, -0.2) is 14.5 Å². The zero-order chi connectivity index (χ0) is 22.2. The standard InChI is InChI=1S/C26H21N3O3/c1-16-11-17(2)29(28-16)25-10-9-21(14-27-25)26(31)32-15-24(30)20-8-7-19-12-18-5-3-4-6-22(18)23(19)13-20/h3-11,13-14H,12,15H2,1-2H3. The van der Waals surface area contributed by atoms with Gasteiger partial charge in [0.25, 0.3) is 0 Å². The lowest BCUT2D eigenvalue weighted by atomic mass is 10.0. The van der Waals surface area contributed by atoms with E-state index in [1.54, 1.807) is 22.9 Å². The van der Waals surface area contributed by atoms with Gasteiger partial charge in [-0.3, -0.25) is 4.79 Å². The maximum atomic E-state index is 12.7. The van der Waals surface area contributed by atoms with E-state index in [2.05, 4.69) is 22.2 Å². The van der Waals surface area contributed by atoms with Crippen LogP contribution in [0, 0.1) is 13.8 Å². The molecule has 1 aliphatic rings. The van der Waals surface area contributed by atoms with Crippen LogP contribution in [0.5, 0.6) is 0 Å². The van der Waals surface area contributed by atoms with Crippen molar-refractivity contribution in [1.29, 1.82) is 0 Å². The number of ketones is 1. The molecule has 0 N–H and O–H groups in total. The molecule has 6 nitrogen and oxygen atoms in total. The first-order valence-corrected chi connectivity index (χ1v) is 10.4. The fraction of sp³-hybridized carbons (Fsp3) is 0.154. The van der Waals surface area contributed by atoms with Crippen molar-refractivity contribution in [3.8, 4) is 16.9 Å². The number of fused-ring (bicyclic) bond motifs is 3. The van der Waals surface area contributed by atoms with Crippen LogP contribution in [0.1, 0.15) is 43.2 Å². The van der Waals surface area contributed by atoms with Crippen LogP contribution in [-0.4, -0.2) is 33.1 Å². The summed E-state index contributed by atoms with van der Waals surface area (Å²) in [5.74, 6) is -0.211. The number of carbonyl (C=O) groups is 2. The highest BCUT2D eigenvalue weighted by molar-refractivity contribution is 6.00. The van der Waals surface area contributed by atoms with Crippen LogP contribution in [0.4, 0.5) is 0 Å². The largest absolute Gasteiger partial charge is 0.454 e. The van der Waals surface area contributed by atoms with E-state index in [1.807, 2.05) is 44.2 Å². The van der Waals surface area contributed by atoms with Crippen LogP contribution < -0.4 is 0 Å². The van der Waals surface area contributed by atoms with Gasteiger partial charge in [0.05, 0.1) is 11.3 Å². The van der Waals surface area contributed by atoms with Gasteiger partial charge in [-0.1, -0.05) is 36.4 Å². The molecule has 0 atom stereocenters. The lowest BCUT2D eigenvalue weighted by molar-refractivity contribution is 0.0474. The Balaban J connectivity index is 1.26. The van der Waals surface area contributed by atoms with Crippen molar-refractivity contribution in [3.63, 3.8) is 0 Å². The average Bonchev–Trinajstić information content (AvgIpc) is 3.35. The number of carbonyl (C=O) groups excluding carboxylic acids is 2. The van der Waals surface area contributed by atoms with Crippen molar-refractivity contribution in [3.05, 3.63) is 101 Å². The van der Waals surface area contributed by atoms with Gasteiger partial charge in [-0.05, 0) is 66.8 Å². The van der Waals surface area contributed by atoms with E-state index in [-0.39, 0.29) is 18.0 Å². The van der Waals surface area contributed by atoms with Crippen LogP contribution >= 0.6 is 0 Å². The molecule has 2 aromatic heterocycles. The van der Waals surface area contributed by atoms with Gasteiger partial charge >= 0.3 is 5.97 Å². The zero-order valence-corrected chi connectivity index (χ0v) is 17.8. The minimum atomic E-state index is -0.586. The number of pyridine rings is 1. The third kappa shape index (κ3) is 3.60. The van der Waals surface area contributed by atoms with Crippen LogP contribution in [0.15, 0.2) is 66.9 Å². The average molecular weight is 423 g/mol. The van der Waals surface area contributed by atoms with Gasteiger partial charge in [0.15, 0.2) is 18.2 Å². The van der Waals surface area contributed by atoms with Crippen LogP contribution in [0.25, 0.3) is 16.9 Å². The van der Waals surface area contributed by atoms with Crippen LogP contribution in [-0.2, 0) is 11.2 Å². The van der Waals surface area contributed by atoms with E-state index >= 15 is 0 Å². The van der Waals surface area contributed by atoms with Gasteiger partial charge in [0, 0.05) is 17.5 Å². The minimum absolute atomic E-state index is 0.238. The predicted molar refractivity (Wildman–Crippen MR) is 120 cm³/mol. The summed E-state index contributed by atoms with van der Waals surface area (Å²) in [7, 11) is 0. The number of nitrogens with zero attached hydrogens (tertiary/aromatic N) is 3. The molecule has 0 unspecified atom stereocenters. The summed E-state index contributed by atoms with van der Waals surface area (Å²) < 4.78 is 6.96. The van der Waals surface area contributed by atoms with E-state index < -0.39 is 5.97 Å². The number of aromatic nitrogens is 3. The van der Waals surface area contributed by atoms with E-state index in [0.29, 0.717) is 11.4 Å². The third-order valence-corrected chi connectivity index (χ3v) is 5.66. The highest BCUT2D eigenvalue weighted by Crippen LogP contribution is 2.36. The first-order chi connectivity index (χ1) is 15.5. The molecular formula is C26H21N3O3. The molecule has 158 valence electrons. The number of rotatable bonds is 5. The summed E-state index contributed by atoms with van der Waals surface area (Å²) in [5, 5.41) is 4.38. The number of esters is 1. The number of Topliss-reactive ketones (excluding diaryl/α,β-unsaturated/α-hetero) is 1. The lowest BCUT2D eigenvalue weighted by Crippen LogP contribution is -2.15. The molecule has 2 aromatic carbocycles. The SMILES string of the molecule is Cc1cc(C)n(-c2ccc(C(=O)OCC(=O)c3ccc4c(c3)-c3ccccc3C4)cn2)n1. The van der Waals surface area contributed by atoms with Crippen molar-refractivity contribution < 1.29 is 14.3 Å². The molecule has 6 heteroatoms. The van der Waals surface area contributed by atoms with E-state index in [1.165, 1.54) is 17.3 Å². The molecule has 5 rings (SSSR count). The summed E-state index contributed by atoms with van der Waals surface area (Å²) >= 11 is 0. The van der Waals surface area contributed by atoms with Gasteiger partial charge in [0.1, 0.15) is 0 Å². The Morgan fingerprint density at radius 1 is 0.938 bits per heavy atom. The Morgan fingerprint density at radius 2 is 1.72 bits per heavy atom. The fourth-order valence-corrected chi connectivity index (χ4v) is 4.09. The molecule has 0 spiro atoms. The molecule has 1 aliphatic carbocycles. The van der Waals surface area contributed by atoms with Crippen molar-refractivity contribution >= 4 is 11.8 Å². The molecule has 0 fully saturated rings. The van der Waals surface area contributed by atoms with Crippen molar-refractivity contribution in [1.82, 2.24) is 14.8 Å². The second kappa shape index (κ2) is 7.89. The minimum Gasteiger partial charge on any atom is -0.454 e. The summed E-state index contributed by atoms with van der Waals surface area (Å²) in [5.41, 5.74) is 7.35. The van der Waals surface area contributed by atoms with E-state index in [4.69, 9.17) is 4.74 Å². The maximum absolute atomic E-state index is 12.7. The second-order valence-corrected chi connectivity index (χ2v) is 7.95. The fourth-order valence-electron chi connectivity index (χ4n) is 4.09. The Kier molecular flexibility index (Phi) is 4.90. The summed E-state index contributed by atoms with van der Waals surface area (Å²) in [4.78, 5) is 29.4. The molecule has 0 saturated heterocycles. The van der Waals surface area contributed by atoms with Crippen LogP contribution in [0.3, 0.4) is 0 Å². The molecule has 0 saturated carbocycles. The first kappa shape index (κ1) is 19.9. The van der Waals surface area contributed by atoms with E-state index in [9.17, 15) is 9.59 Å². The summed E-state index contributed by atoms with van der Waals surface area (Å²) in [6.07, 6.45) is 2.31. The molecule has 0 bridgehead atoms. The molecule has 0 radical (unpaired) electrons. The highest BCUT2D eigenvalue weighted by atomic mass is 16.5. The predicted octanol–water partition coefficient (Wildman–Crippen LogP) is 4.50. The number of hydrogen-bond donors (Lipinski definition) is 0. The molecule has 0 amide bonds. The number of hydrogen-bond acceptors (Lipinski definition) is 5. The normalized spacial score (nSPS) is 11.7. The van der Waals surface area contributed by atoms with Gasteiger partial charge in [-0.2, -0.15) is 5.10 Å². The molecule has 0 aliphatic heterocycles. The summed E-state index contributed by atoms with van der Waals surface area (Å²) in [6.45, 7) is 3.53. The Labute approximate surface area is 185 Å². The first-order valence-electron chi connectivity index (χ1n) is 10.4. The quantitative estimate of drug-likeness (QED) is 0.307.